The highest BCUT2D eigenvalue weighted by atomic mass is 32.2. The molecule has 2 rings (SSSR count). The number of hydrogen-bond donors (Lipinski definition) is 3. The lowest BCUT2D eigenvalue weighted by atomic mass is 10.2. The summed E-state index contributed by atoms with van der Waals surface area (Å²) in [7, 11) is -2.85. The molecular formula is C17H18N4O8S. The van der Waals surface area contributed by atoms with Crippen LogP contribution in [0.1, 0.15) is 17.3 Å². The van der Waals surface area contributed by atoms with Gasteiger partial charge in [-0.25, -0.2) is 18.6 Å². The van der Waals surface area contributed by atoms with Crippen molar-refractivity contribution in [3.05, 3.63) is 58.1 Å². The number of nitrogens with one attached hydrogen (secondary N) is 3. The third kappa shape index (κ3) is 5.57. The Balaban J connectivity index is 2.18. The molecule has 2 aromatic carbocycles. The third-order valence-electron chi connectivity index (χ3n) is 3.62. The quantitative estimate of drug-likeness (QED) is 0.434. The Morgan fingerprint density at radius 1 is 1.10 bits per heavy atom. The van der Waals surface area contributed by atoms with Crippen LogP contribution in [0.15, 0.2) is 47.4 Å². The van der Waals surface area contributed by atoms with Crippen molar-refractivity contribution in [2.75, 3.05) is 18.4 Å². The summed E-state index contributed by atoms with van der Waals surface area (Å²) in [6.07, 6.45) is -0.847. The summed E-state index contributed by atoms with van der Waals surface area (Å²) in [4.78, 5) is 33.2. The van der Waals surface area contributed by atoms with E-state index in [2.05, 4.69) is 14.9 Å². The van der Waals surface area contributed by atoms with Crippen LogP contribution in [0.25, 0.3) is 0 Å². The number of benzene rings is 2. The molecule has 2 amide bonds. The van der Waals surface area contributed by atoms with Gasteiger partial charge in [0.05, 0.1) is 29.2 Å². The number of anilines is 1. The number of sulfonamides is 1. The predicted octanol–water partition coefficient (Wildman–Crippen LogP) is 1.80. The molecule has 0 saturated heterocycles. The Kier molecular flexibility index (Phi) is 7.14. The number of carbonyl (C=O) groups is 2. The summed E-state index contributed by atoms with van der Waals surface area (Å²) >= 11 is 0. The fourth-order valence-electron chi connectivity index (χ4n) is 2.23. The highest BCUT2D eigenvalue weighted by Crippen LogP contribution is 2.30. The number of carbonyl (C=O) groups excluding carboxylic acids is 2. The van der Waals surface area contributed by atoms with Crippen LogP contribution in [0.5, 0.6) is 5.75 Å². The molecule has 0 aliphatic rings. The molecule has 160 valence electrons. The largest absolute Gasteiger partial charge is 0.495 e. The molecule has 0 fully saturated rings. The molecule has 0 aromatic heterocycles. The van der Waals surface area contributed by atoms with Crippen LogP contribution in [0.4, 0.5) is 16.2 Å². The number of non-ortho nitro benzene ring substituents is 1. The molecule has 0 heterocycles. The molecule has 0 unspecified atom stereocenters. The molecule has 30 heavy (non-hydrogen) atoms. The summed E-state index contributed by atoms with van der Waals surface area (Å²) in [6, 6.07) is 8.23. The molecule has 0 spiro atoms. The fourth-order valence-corrected chi connectivity index (χ4v) is 3.29. The zero-order valence-corrected chi connectivity index (χ0v) is 16.7. The number of rotatable bonds is 7. The third-order valence-corrected chi connectivity index (χ3v) is 5.00. The number of amides is 2. The highest BCUT2D eigenvalue weighted by molar-refractivity contribution is 7.92. The zero-order chi connectivity index (χ0) is 22.3. The van der Waals surface area contributed by atoms with Crippen molar-refractivity contribution in [2.24, 2.45) is 0 Å². The van der Waals surface area contributed by atoms with Gasteiger partial charge >= 0.3 is 6.09 Å². The Hall–Kier alpha value is -3.87. The van der Waals surface area contributed by atoms with Gasteiger partial charge in [0, 0.05) is 17.7 Å². The number of hydrazine groups is 1. The first-order valence-electron chi connectivity index (χ1n) is 8.36. The van der Waals surface area contributed by atoms with Crippen molar-refractivity contribution in [3.63, 3.8) is 0 Å². The van der Waals surface area contributed by atoms with Gasteiger partial charge in [0.25, 0.3) is 21.6 Å². The standard InChI is InChI=1S/C17H18N4O8S/c1-3-29-17(23)19-18-16(22)11-4-7-13(8-5-11)30(26,27)20-14-10-12(21(24)25)6-9-15(14)28-2/h4-10,20H,3H2,1-2H3,(H,18,22)(H,19,23). The van der Waals surface area contributed by atoms with Crippen LogP contribution in [0.3, 0.4) is 0 Å². The number of nitrogens with zero attached hydrogens (tertiary/aromatic N) is 1. The van der Waals surface area contributed by atoms with Gasteiger partial charge in [0.1, 0.15) is 5.75 Å². The van der Waals surface area contributed by atoms with E-state index in [0.717, 1.165) is 18.2 Å². The zero-order valence-electron chi connectivity index (χ0n) is 15.9. The molecule has 12 nitrogen and oxygen atoms in total. The fraction of sp³-hybridized carbons (Fsp3) is 0.176. The maximum atomic E-state index is 12.6. The summed E-state index contributed by atoms with van der Waals surface area (Å²) in [5.41, 5.74) is 3.76. The minimum atomic E-state index is -4.14. The van der Waals surface area contributed by atoms with E-state index in [-0.39, 0.29) is 34.2 Å². The van der Waals surface area contributed by atoms with Crippen LogP contribution in [-0.2, 0) is 14.8 Å². The number of methoxy groups -OCH3 is 1. The van der Waals surface area contributed by atoms with E-state index in [1.165, 1.54) is 31.4 Å². The summed E-state index contributed by atoms with van der Waals surface area (Å²) in [5.74, 6) is -0.606. The van der Waals surface area contributed by atoms with Gasteiger partial charge in [0.2, 0.25) is 0 Å². The van der Waals surface area contributed by atoms with Gasteiger partial charge in [-0.1, -0.05) is 0 Å². The SMILES string of the molecule is CCOC(=O)NNC(=O)c1ccc(S(=O)(=O)Nc2cc([N+](=O)[O-])ccc2OC)cc1. The second kappa shape index (κ2) is 9.56. The van der Waals surface area contributed by atoms with Gasteiger partial charge in [-0.2, -0.15) is 0 Å². The van der Waals surface area contributed by atoms with Gasteiger partial charge in [-0.05, 0) is 37.3 Å². The van der Waals surface area contributed by atoms with Crippen molar-refractivity contribution < 1.29 is 32.4 Å². The predicted molar refractivity (Wildman–Crippen MR) is 105 cm³/mol. The van der Waals surface area contributed by atoms with E-state index < -0.39 is 26.9 Å². The Morgan fingerprint density at radius 2 is 1.77 bits per heavy atom. The first-order valence-corrected chi connectivity index (χ1v) is 9.84. The lowest BCUT2D eigenvalue weighted by Gasteiger charge is -2.12. The summed E-state index contributed by atoms with van der Waals surface area (Å²) < 4.78 is 37.1. The lowest BCUT2D eigenvalue weighted by Crippen LogP contribution is -2.41. The minimum Gasteiger partial charge on any atom is -0.495 e. The maximum Gasteiger partial charge on any atom is 0.426 e. The van der Waals surface area contributed by atoms with Crippen molar-refractivity contribution in [1.29, 1.82) is 0 Å². The van der Waals surface area contributed by atoms with Crippen LogP contribution >= 0.6 is 0 Å². The van der Waals surface area contributed by atoms with Crippen LogP contribution in [0.2, 0.25) is 0 Å². The van der Waals surface area contributed by atoms with Gasteiger partial charge in [-0.3, -0.25) is 25.1 Å². The van der Waals surface area contributed by atoms with Crippen LogP contribution < -0.4 is 20.3 Å². The van der Waals surface area contributed by atoms with Gasteiger partial charge in [0.15, 0.2) is 0 Å². The van der Waals surface area contributed by atoms with E-state index in [0.29, 0.717) is 0 Å². The minimum absolute atomic E-state index is 0.0682. The number of hydrogen-bond acceptors (Lipinski definition) is 8. The molecule has 0 aliphatic heterocycles. The number of nitro benzene ring substituents is 1. The van der Waals surface area contributed by atoms with Gasteiger partial charge < -0.3 is 9.47 Å². The van der Waals surface area contributed by atoms with E-state index in [9.17, 15) is 28.1 Å². The number of nitro groups is 1. The summed E-state index contributed by atoms with van der Waals surface area (Å²) in [5, 5.41) is 10.9. The van der Waals surface area contributed by atoms with E-state index in [1.807, 2.05) is 5.43 Å². The lowest BCUT2D eigenvalue weighted by molar-refractivity contribution is -0.384. The van der Waals surface area contributed by atoms with E-state index in [1.54, 1.807) is 6.92 Å². The van der Waals surface area contributed by atoms with E-state index in [4.69, 9.17) is 4.74 Å². The molecular weight excluding hydrogens is 420 g/mol. The second-order valence-corrected chi connectivity index (χ2v) is 7.25. The topological polar surface area (TPSA) is 166 Å². The van der Waals surface area contributed by atoms with Crippen LogP contribution in [-0.4, -0.2) is 39.1 Å². The average molecular weight is 438 g/mol. The number of ether oxygens (including phenoxy) is 2. The average Bonchev–Trinajstić information content (AvgIpc) is 2.72. The van der Waals surface area contributed by atoms with E-state index >= 15 is 0 Å². The molecule has 3 N–H and O–H groups in total. The maximum absolute atomic E-state index is 12.6. The van der Waals surface area contributed by atoms with Gasteiger partial charge in [-0.15, -0.1) is 0 Å². The first-order chi connectivity index (χ1) is 14.2. The molecule has 0 atom stereocenters. The molecule has 0 saturated carbocycles. The Labute approximate surface area is 171 Å². The van der Waals surface area contributed by atoms with Crippen molar-refractivity contribution in [1.82, 2.24) is 10.9 Å². The highest BCUT2D eigenvalue weighted by Gasteiger charge is 2.20. The van der Waals surface area contributed by atoms with Crippen molar-refractivity contribution in [2.45, 2.75) is 11.8 Å². The Bertz CT molecular complexity index is 1050. The van der Waals surface area contributed by atoms with Crippen LogP contribution in [0, 0.1) is 10.1 Å². The molecule has 0 radical (unpaired) electrons. The normalized spacial score (nSPS) is 10.6. The summed E-state index contributed by atoms with van der Waals surface area (Å²) in [6.45, 7) is 1.72. The first kappa shape index (κ1) is 22.4. The molecule has 0 bridgehead atoms. The van der Waals surface area contributed by atoms with Crippen molar-refractivity contribution >= 4 is 33.4 Å². The molecule has 13 heteroatoms. The smallest absolute Gasteiger partial charge is 0.426 e. The monoisotopic (exact) mass is 438 g/mol. The molecule has 0 aliphatic carbocycles. The van der Waals surface area contributed by atoms with Crippen molar-refractivity contribution in [3.8, 4) is 5.75 Å². The molecule has 2 aromatic rings. The second-order valence-electron chi connectivity index (χ2n) is 5.57. The Morgan fingerprint density at radius 3 is 2.33 bits per heavy atom.